The topological polar surface area (TPSA) is 98.7 Å². The van der Waals surface area contributed by atoms with Crippen molar-refractivity contribution >= 4 is 11.8 Å². The monoisotopic (exact) mass is 384 g/mol. The van der Waals surface area contributed by atoms with Crippen LogP contribution in [-0.2, 0) is 22.4 Å². The average Bonchev–Trinajstić information content (AvgIpc) is 2.61. The fourth-order valence-corrected chi connectivity index (χ4v) is 3.19. The number of aryl methyl sites for hydroxylation is 4. The van der Waals surface area contributed by atoms with E-state index in [0.29, 0.717) is 13.1 Å². The molecule has 0 bridgehead atoms. The molecule has 28 heavy (non-hydrogen) atoms. The van der Waals surface area contributed by atoms with Crippen LogP contribution in [0.1, 0.15) is 33.4 Å². The minimum absolute atomic E-state index is 0.136. The summed E-state index contributed by atoms with van der Waals surface area (Å²) in [5.74, 6) is 0.240. The van der Waals surface area contributed by atoms with Gasteiger partial charge in [0.05, 0.1) is 12.8 Å². The van der Waals surface area contributed by atoms with Crippen molar-refractivity contribution in [3.63, 3.8) is 0 Å². The second kappa shape index (κ2) is 9.26. The molecule has 0 aromatic heterocycles. The highest BCUT2D eigenvalue weighted by molar-refractivity contribution is 5.80. The first-order chi connectivity index (χ1) is 13.2. The van der Waals surface area contributed by atoms with E-state index in [9.17, 15) is 19.8 Å². The molecule has 0 aliphatic carbocycles. The van der Waals surface area contributed by atoms with Gasteiger partial charge in [-0.3, -0.25) is 9.59 Å². The van der Waals surface area contributed by atoms with Crippen LogP contribution in [0.3, 0.4) is 0 Å². The van der Waals surface area contributed by atoms with Crippen molar-refractivity contribution in [3.8, 4) is 11.5 Å². The summed E-state index contributed by atoms with van der Waals surface area (Å²) in [5, 5.41) is 25.1. The molecule has 150 valence electrons. The number of phenolic OH excluding ortho intramolecular Hbond substituents is 2. The van der Waals surface area contributed by atoms with Crippen LogP contribution in [-0.4, -0.2) is 35.1 Å². The quantitative estimate of drug-likeness (QED) is 0.551. The van der Waals surface area contributed by atoms with Gasteiger partial charge >= 0.3 is 0 Å². The molecule has 4 N–H and O–H groups in total. The number of rotatable bonds is 7. The highest BCUT2D eigenvalue weighted by atomic mass is 16.3. The molecule has 6 nitrogen and oxygen atoms in total. The van der Waals surface area contributed by atoms with E-state index in [1.807, 2.05) is 0 Å². The van der Waals surface area contributed by atoms with Crippen molar-refractivity contribution in [2.45, 2.75) is 40.5 Å². The Kier molecular flexibility index (Phi) is 7.04. The highest BCUT2D eigenvalue weighted by Crippen LogP contribution is 2.23. The molecule has 0 heterocycles. The van der Waals surface area contributed by atoms with Crippen LogP contribution in [0.15, 0.2) is 24.3 Å². The Balaban J connectivity index is 1.75. The maximum Gasteiger partial charge on any atom is 0.224 e. The molecule has 0 saturated heterocycles. The number of aromatic hydroxyl groups is 2. The maximum absolute atomic E-state index is 12.1. The summed E-state index contributed by atoms with van der Waals surface area (Å²) in [6, 6.07) is 7.19. The number of hydrogen-bond donors (Lipinski definition) is 4. The van der Waals surface area contributed by atoms with E-state index in [4.69, 9.17) is 0 Å². The third kappa shape index (κ3) is 5.74. The van der Waals surface area contributed by atoms with E-state index in [1.54, 1.807) is 52.0 Å². The largest absolute Gasteiger partial charge is 0.507 e. The van der Waals surface area contributed by atoms with Crippen LogP contribution in [0.4, 0.5) is 0 Å². The summed E-state index contributed by atoms with van der Waals surface area (Å²) in [6.07, 6.45) is 0.448. The number of phenols is 2. The standard InChI is InChI=1S/C22H28N2O4/c1-13-7-17(8-14(2)21(13)27)11-19(25)23-5-6-24-20(26)12-18-9-15(3)22(28)16(4)10-18/h7-10,27-28H,5-6,11-12H2,1-4H3,(H,23,25)(H,24,26). The van der Waals surface area contributed by atoms with Gasteiger partial charge in [0.25, 0.3) is 0 Å². The molecule has 0 unspecified atom stereocenters. The normalized spacial score (nSPS) is 10.6. The van der Waals surface area contributed by atoms with Crippen LogP contribution >= 0.6 is 0 Å². The molecule has 6 heteroatoms. The minimum Gasteiger partial charge on any atom is -0.507 e. The van der Waals surface area contributed by atoms with E-state index < -0.39 is 0 Å². The van der Waals surface area contributed by atoms with Crippen LogP contribution in [0.5, 0.6) is 11.5 Å². The zero-order chi connectivity index (χ0) is 20.8. The van der Waals surface area contributed by atoms with Gasteiger partial charge in [0, 0.05) is 13.1 Å². The summed E-state index contributed by atoms with van der Waals surface area (Å²) >= 11 is 0. The zero-order valence-corrected chi connectivity index (χ0v) is 16.8. The number of nitrogens with one attached hydrogen (secondary N) is 2. The molecular weight excluding hydrogens is 356 g/mol. The first-order valence-electron chi connectivity index (χ1n) is 9.29. The minimum atomic E-state index is -0.136. The fourth-order valence-electron chi connectivity index (χ4n) is 3.19. The molecule has 0 aliphatic rings. The van der Waals surface area contributed by atoms with Gasteiger partial charge in [0.1, 0.15) is 11.5 Å². The van der Waals surface area contributed by atoms with Crippen LogP contribution < -0.4 is 10.6 Å². The van der Waals surface area contributed by atoms with Crippen LogP contribution in [0.25, 0.3) is 0 Å². The SMILES string of the molecule is Cc1cc(CC(=O)NCCNC(=O)Cc2cc(C)c(O)c(C)c2)cc(C)c1O. The molecule has 0 aliphatic heterocycles. The van der Waals surface area contributed by atoms with Crippen molar-refractivity contribution in [2.75, 3.05) is 13.1 Å². The predicted molar refractivity (Wildman–Crippen MR) is 109 cm³/mol. The molecule has 2 aromatic carbocycles. The van der Waals surface area contributed by atoms with E-state index in [2.05, 4.69) is 10.6 Å². The molecule has 2 aromatic rings. The Morgan fingerprint density at radius 1 is 0.679 bits per heavy atom. The second-order valence-corrected chi connectivity index (χ2v) is 7.21. The van der Waals surface area contributed by atoms with Gasteiger partial charge in [-0.05, 0) is 61.1 Å². The van der Waals surface area contributed by atoms with Gasteiger partial charge in [-0.15, -0.1) is 0 Å². The van der Waals surface area contributed by atoms with E-state index >= 15 is 0 Å². The van der Waals surface area contributed by atoms with Gasteiger partial charge in [-0.25, -0.2) is 0 Å². The van der Waals surface area contributed by atoms with E-state index in [0.717, 1.165) is 33.4 Å². The summed E-state index contributed by atoms with van der Waals surface area (Å²) in [4.78, 5) is 24.1. The zero-order valence-electron chi connectivity index (χ0n) is 16.8. The Labute approximate surface area is 165 Å². The lowest BCUT2D eigenvalue weighted by Crippen LogP contribution is -2.36. The lowest BCUT2D eigenvalue weighted by Gasteiger charge is -2.10. The molecule has 0 fully saturated rings. The van der Waals surface area contributed by atoms with Gasteiger partial charge in [0.15, 0.2) is 0 Å². The summed E-state index contributed by atoms with van der Waals surface area (Å²) < 4.78 is 0. The van der Waals surface area contributed by atoms with Crippen molar-refractivity contribution in [3.05, 3.63) is 57.6 Å². The average molecular weight is 384 g/mol. The Morgan fingerprint density at radius 2 is 0.964 bits per heavy atom. The maximum atomic E-state index is 12.1. The first kappa shape index (κ1) is 21.3. The Morgan fingerprint density at radius 3 is 1.25 bits per heavy atom. The predicted octanol–water partition coefficient (Wildman–Crippen LogP) is 2.35. The number of carbonyl (C=O) groups excluding carboxylic acids is 2. The molecule has 0 radical (unpaired) electrons. The molecule has 2 amide bonds. The number of carbonyl (C=O) groups is 2. The Hall–Kier alpha value is -3.02. The smallest absolute Gasteiger partial charge is 0.224 e. The van der Waals surface area contributed by atoms with E-state index in [1.165, 1.54) is 0 Å². The first-order valence-corrected chi connectivity index (χ1v) is 9.29. The number of amides is 2. The highest BCUT2D eigenvalue weighted by Gasteiger charge is 2.09. The number of benzene rings is 2. The summed E-state index contributed by atoms with van der Waals surface area (Å²) in [6.45, 7) is 7.89. The van der Waals surface area contributed by atoms with Crippen molar-refractivity contribution < 1.29 is 19.8 Å². The summed E-state index contributed by atoms with van der Waals surface area (Å²) in [5.41, 5.74) is 4.66. The summed E-state index contributed by atoms with van der Waals surface area (Å²) in [7, 11) is 0. The van der Waals surface area contributed by atoms with Gasteiger partial charge < -0.3 is 20.8 Å². The van der Waals surface area contributed by atoms with Crippen molar-refractivity contribution in [1.82, 2.24) is 10.6 Å². The van der Waals surface area contributed by atoms with Gasteiger partial charge in [0.2, 0.25) is 11.8 Å². The lowest BCUT2D eigenvalue weighted by molar-refractivity contribution is -0.122. The molecule has 0 spiro atoms. The van der Waals surface area contributed by atoms with Crippen LogP contribution in [0.2, 0.25) is 0 Å². The third-order valence-electron chi connectivity index (χ3n) is 4.60. The van der Waals surface area contributed by atoms with Crippen LogP contribution in [0, 0.1) is 27.7 Å². The second-order valence-electron chi connectivity index (χ2n) is 7.21. The van der Waals surface area contributed by atoms with E-state index in [-0.39, 0.29) is 36.2 Å². The molecule has 0 saturated carbocycles. The fraction of sp³-hybridized carbons (Fsp3) is 0.364. The molecular formula is C22H28N2O4. The molecule has 2 rings (SSSR count). The Bertz CT molecular complexity index is 771. The van der Waals surface area contributed by atoms with Gasteiger partial charge in [-0.2, -0.15) is 0 Å². The van der Waals surface area contributed by atoms with Crippen molar-refractivity contribution in [2.24, 2.45) is 0 Å². The number of hydrogen-bond acceptors (Lipinski definition) is 4. The third-order valence-corrected chi connectivity index (χ3v) is 4.60. The van der Waals surface area contributed by atoms with Crippen molar-refractivity contribution in [1.29, 1.82) is 0 Å². The molecule has 0 atom stereocenters. The van der Waals surface area contributed by atoms with Gasteiger partial charge in [-0.1, -0.05) is 24.3 Å². The lowest BCUT2D eigenvalue weighted by atomic mass is 10.0.